The van der Waals surface area contributed by atoms with Gasteiger partial charge in [-0.25, -0.2) is 14.8 Å². The molecule has 6 atom stereocenters. The van der Waals surface area contributed by atoms with Crippen molar-refractivity contribution in [3.63, 3.8) is 0 Å². The molecule has 4 N–H and O–H groups in total. The molecule has 1 saturated heterocycles. The van der Waals surface area contributed by atoms with E-state index in [9.17, 15) is 33.6 Å². The number of rotatable bonds is 15. The third kappa shape index (κ3) is 9.22. The van der Waals surface area contributed by atoms with Gasteiger partial charge in [-0.15, -0.1) is 0 Å². The molecule has 0 bridgehead atoms. The van der Waals surface area contributed by atoms with Gasteiger partial charge >= 0.3 is 5.97 Å². The van der Waals surface area contributed by atoms with Crippen LogP contribution in [0.3, 0.4) is 0 Å². The summed E-state index contributed by atoms with van der Waals surface area (Å²) in [6.07, 6.45) is 11.2. The molecule has 3 aliphatic carbocycles. The van der Waals surface area contributed by atoms with Crippen molar-refractivity contribution in [3.05, 3.63) is 23.8 Å². The minimum absolute atomic E-state index is 0.00117. The fraction of sp³-hybridized carbons (Fsp3) is 0.711. The number of carbonyl (C=O) groups is 7. The lowest BCUT2D eigenvalue weighted by Gasteiger charge is -2.37. The number of hydrogen-bond acceptors (Lipinski definition) is 9. The average molecular weight is 723 g/mol. The first-order valence-corrected chi connectivity index (χ1v) is 19.0. The molecular formula is C38H54N6O8. The van der Waals surface area contributed by atoms with Crippen LogP contribution in [-0.2, 0) is 24.0 Å². The number of fused-ring (bicyclic) bond motifs is 1. The van der Waals surface area contributed by atoms with Crippen LogP contribution in [0, 0.1) is 29.1 Å². The van der Waals surface area contributed by atoms with E-state index in [-0.39, 0.29) is 53.3 Å². The Labute approximate surface area is 305 Å². The van der Waals surface area contributed by atoms with Gasteiger partial charge in [-0.1, -0.05) is 59.8 Å². The lowest BCUT2D eigenvalue weighted by Crippen LogP contribution is -2.56. The first-order valence-electron chi connectivity index (χ1n) is 19.0. The Kier molecular flexibility index (Phi) is 12.5. The van der Waals surface area contributed by atoms with Crippen LogP contribution < -0.4 is 16.0 Å². The molecule has 1 aliphatic heterocycles. The van der Waals surface area contributed by atoms with Crippen LogP contribution in [0.5, 0.6) is 0 Å². The standard InChI is InChI=1S/C38H54N6O8/c1-5-10-26(32(46)35(49)41-23-15-16-23)42-34(48)31-24-14-9-13-22(24)20-44(31)36(50)25(38(2,3)4)17-29(45)30(21-11-7-6-8-12-21)43-33(47)27-18-40-28(19-39-27)37(51)52/h18-19,21-26,30-31H,5-17,20H2,1-4H3,(H,41,49)(H,42,48)(H,43,47)(H,51,52)/t22-,24-,25+,26-,30-,31-/m0/s1. The molecule has 14 nitrogen and oxygen atoms in total. The summed E-state index contributed by atoms with van der Waals surface area (Å²) in [5.74, 6) is -5.33. The summed E-state index contributed by atoms with van der Waals surface area (Å²) in [5, 5.41) is 17.6. The van der Waals surface area contributed by atoms with Gasteiger partial charge in [0.15, 0.2) is 11.5 Å². The van der Waals surface area contributed by atoms with Crippen LogP contribution in [0.25, 0.3) is 0 Å². The normalized spacial score (nSPS) is 23.5. The maximum Gasteiger partial charge on any atom is 0.356 e. The maximum atomic E-state index is 14.7. The number of carboxylic acids is 1. The predicted molar refractivity (Wildman–Crippen MR) is 189 cm³/mol. The number of hydrogen-bond donors (Lipinski definition) is 4. The van der Waals surface area contributed by atoms with Crippen molar-refractivity contribution >= 4 is 41.2 Å². The molecule has 3 saturated carbocycles. The molecular weight excluding hydrogens is 668 g/mol. The van der Waals surface area contributed by atoms with Crippen molar-refractivity contribution in [1.29, 1.82) is 0 Å². The van der Waals surface area contributed by atoms with E-state index in [0.717, 1.165) is 76.6 Å². The molecule has 2 heterocycles. The zero-order valence-electron chi connectivity index (χ0n) is 30.8. The highest BCUT2D eigenvalue weighted by Gasteiger charge is 2.52. The minimum Gasteiger partial charge on any atom is -0.476 e. The number of amides is 4. The van der Waals surface area contributed by atoms with Gasteiger partial charge in [0.25, 0.3) is 11.8 Å². The molecule has 5 rings (SSSR count). The summed E-state index contributed by atoms with van der Waals surface area (Å²) < 4.78 is 0. The Morgan fingerprint density at radius 1 is 0.885 bits per heavy atom. The van der Waals surface area contributed by atoms with Crippen LogP contribution in [0.4, 0.5) is 0 Å². The summed E-state index contributed by atoms with van der Waals surface area (Å²) in [6, 6.07) is -2.73. The number of ketones is 2. The Morgan fingerprint density at radius 2 is 1.56 bits per heavy atom. The Bertz CT molecular complexity index is 1530. The fourth-order valence-electron chi connectivity index (χ4n) is 8.32. The Morgan fingerprint density at radius 3 is 2.15 bits per heavy atom. The lowest BCUT2D eigenvalue weighted by atomic mass is 9.74. The van der Waals surface area contributed by atoms with Crippen molar-refractivity contribution in [2.75, 3.05) is 6.54 Å². The molecule has 0 radical (unpaired) electrons. The summed E-state index contributed by atoms with van der Waals surface area (Å²) in [4.78, 5) is 103. The number of Topliss-reactive ketones (excluding diaryl/α,β-unsaturated/α-hetero) is 2. The maximum absolute atomic E-state index is 14.7. The van der Waals surface area contributed by atoms with Gasteiger partial charge in [0.2, 0.25) is 17.6 Å². The zero-order chi connectivity index (χ0) is 37.7. The topological polar surface area (TPSA) is 205 Å². The van der Waals surface area contributed by atoms with Crippen LogP contribution in [-0.4, -0.2) is 91.9 Å². The second-order valence-corrected chi connectivity index (χ2v) is 16.3. The van der Waals surface area contributed by atoms with Crippen molar-refractivity contribution in [3.8, 4) is 0 Å². The Hall–Kier alpha value is -4.23. The van der Waals surface area contributed by atoms with Crippen LogP contribution in [0.15, 0.2) is 12.4 Å². The molecule has 4 fully saturated rings. The number of nitrogens with one attached hydrogen (secondary N) is 3. The summed E-state index contributed by atoms with van der Waals surface area (Å²) in [5.41, 5.74) is -1.12. The third-order valence-electron chi connectivity index (χ3n) is 11.4. The number of carbonyl (C=O) groups excluding carboxylic acids is 6. The molecule has 4 aliphatic rings. The lowest BCUT2D eigenvalue weighted by molar-refractivity contribution is -0.148. The van der Waals surface area contributed by atoms with Gasteiger partial charge in [0, 0.05) is 24.9 Å². The molecule has 1 aromatic rings. The first kappa shape index (κ1) is 39.0. The number of likely N-dealkylation sites (tertiary alicyclic amines) is 1. The smallest absolute Gasteiger partial charge is 0.356 e. The fourth-order valence-corrected chi connectivity index (χ4v) is 8.32. The average Bonchev–Trinajstić information content (AvgIpc) is 3.68. The Balaban J connectivity index is 1.36. The van der Waals surface area contributed by atoms with E-state index in [1.54, 1.807) is 4.90 Å². The summed E-state index contributed by atoms with van der Waals surface area (Å²) in [7, 11) is 0. The molecule has 0 aromatic carbocycles. The van der Waals surface area contributed by atoms with E-state index >= 15 is 0 Å². The number of carboxylic acid groups (broad SMARTS) is 1. The van der Waals surface area contributed by atoms with Gasteiger partial charge in [-0.05, 0) is 68.1 Å². The zero-order valence-corrected chi connectivity index (χ0v) is 30.8. The SMILES string of the molecule is CCC[C@H](NC(=O)[C@@H]1[C@H]2CCC[C@H]2CN1C(=O)[C@@H](CC(=O)[C@@H](NC(=O)c1cnc(C(=O)O)cn1)C1CCCCC1)C(C)(C)C)C(=O)C(=O)NC1CC1. The van der Waals surface area contributed by atoms with Crippen LogP contribution >= 0.6 is 0 Å². The van der Waals surface area contributed by atoms with E-state index in [0.29, 0.717) is 19.4 Å². The van der Waals surface area contributed by atoms with E-state index in [2.05, 4.69) is 25.9 Å². The summed E-state index contributed by atoms with van der Waals surface area (Å²) in [6.45, 7) is 7.90. The molecule has 14 heteroatoms. The molecule has 1 aromatic heterocycles. The number of nitrogens with zero attached hydrogens (tertiary/aromatic N) is 3. The highest BCUT2D eigenvalue weighted by atomic mass is 16.4. The molecule has 52 heavy (non-hydrogen) atoms. The first-order chi connectivity index (χ1) is 24.7. The number of aromatic nitrogens is 2. The minimum atomic E-state index is -1.28. The second kappa shape index (κ2) is 16.6. The van der Waals surface area contributed by atoms with Gasteiger partial charge in [0.05, 0.1) is 24.5 Å². The molecule has 0 spiro atoms. The van der Waals surface area contributed by atoms with E-state index < -0.39 is 58.9 Å². The van der Waals surface area contributed by atoms with Crippen molar-refractivity contribution in [2.24, 2.45) is 29.1 Å². The molecule has 4 amide bonds. The number of aromatic carboxylic acids is 1. The largest absolute Gasteiger partial charge is 0.476 e. The van der Waals surface area contributed by atoms with Gasteiger partial charge < -0.3 is 26.0 Å². The molecule has 0 unspecified atom stereocenters. The predicted octanol–water partition coefficient (Wildman–Crippen LogP) is 3.23. The monoisotopic (exact) mass is 722 g/mol. The van der Waals surface area contributed by atoms with Crippen molar-refractivity contribution in [1.82, 2.24) is 30.8 Å². The van der Waals surface area contributed by atoms with Crippen LogP contribution in [0.2, 0.25) is 0 Å². The highest BCUT2D eigenvalue weighted by Crippen LogP contribution is 2.44. The van der Waals surface area contributed by atoms with Gasteiger partial charge in [-0.3, -0.25) is 28.8 Å². The van der Waals surface area contributed by atoms with Gasteiger partial charge in [0.1, 0.15) is 11.7 Å². The highest BCUT2D eigenvalue weighted by molar-refractivity contribution is 6.38. The molecule has 284 valence electrons. The van der Waals surface area contributed by atoms with E-state index in [1.807, 2.05) is 27.7 Å². The van der Waals surface area contributed by atoms with E-state index in [1.165, 1.54) is 0 Å². The van der Waals surface area contributed by atoms with Crippen molar-refractivity contribution < 1.29 is 38.7 Å². The van der Waals surface area contributed by atoms with Crippen LogP contribution in [0.1, 0.15) is 132 Å². The quantitative estimate of drug-likeness (QED) is 0.195. The van der Waals surface area contributed by atoms with Crippen molar-refractivity contribution in [2.45, 2.75) is 135 Å². The van der Waals surface area contributed by atoms with Gasteiger partial charge in [-0.2, -0.15) is 0 Å². The van der Waals surface area contributed by atoms with E-state index in [4.69, 9.17) is 5.11 Å². The second-order valence-electron chi connectivity index (χ2n) is 16.3. The summed E-state index contributed by atoms with van der Waals surface area (Å²) >= 11 is 0. The third-order valence-corrected chi connectivity index (χ3v) is 11.4.